The Morgan fingerprint density at radius 2 is 2.10 bits per heavy atom. The summed E-state index contributed by atoms with van der Waals surface area (Å²) in [5.41, 5.74) is 1.23. The lowest BCUT2D eigenvalue weighted by Gasteiger charge is -2.32. The smallest absolute Gasteiger partial charge is 0.264 e. The lowest BCUT2D eigenvalue weighted by molar-refractivity contribution is -0.145. The molecule has 0 saturated carbocycles. The van der Waals surface area contributed by atoms with Crippen LogP contribution in [0.1, 0.15) is 24.6 Å². The summed E-state index contributed by atoms with van der Waals surface area (Å²) in [5.74, 6) is -0.250. The molecule has 3 heterocycles. The number of benzene rings is 1. The van der Waals surface area contributed by atoms with Crippen molar-refractivity contribution < 1.29 is 19.4 Å². The van der Waals surface area contributed by atoms with Crippen molar-refractivity contribution in [2.75, 3.05) is 18.6 Å². The normalized spacial score (nSPS) is 28.0. The molecule has 8 nitrogen and oxygen atoms in total. The first-order valence-corrected chi connectivity index (χ1v) is 14.4. The maximum Gasteiger partial charge on any atom is 0.264 e. The number of fused-ring (bicyclic) bond motifs is 2. The first-order valence-electron chi connectivity index (χ1n) is 10.6. The van der Waals surface area contributed by atoms with Crippen molar-refractivity contribution >= 4 is 35.8 Å². The predicted molar refractivity (Wildman–Crippen MR) is 122 cm³/mol. The lowest BCUT2D eigenvalue weighted by atomic mass is 9.82. The highest BCUT2D eigenvalue weighted by atomic mass is 79.9. The van der Waals surface area contributed by atoms with Gasteiger partial charge >= 0.3 is 0 Å². The highest BCUT2D eigenvalue weighted by molar-refractivity contribution is 9.10. The van der Waals surface area contributed by atoms with E-state index in [9.17, 15) is 9.59 Å². The second-order valence-corrected chi connectivity index (χ2v) is 14.0. The van der Waals surface area contributed by atoms with Crippen LogP contribution in [0.2, 0.25) is 18.6 Å². The van der Waals surface area contributed by atoms with E-state index >= 15 is 0 Å². The Hall–Kier alpha value is -1.59. The van der Waals surface area contributed by atoms with Gasteiger partial charge in [-0.15, -0.1) is 5.10 Å². The number of amides is 1. The number of hydrogen-bond acceptors (Lipinski definition) is 6. The van der Waals surface area contributed by atoms with Crippen LogP contribution in [0, 0.1) is 5.92 Å². The second kappa shape index (κ2) is 8.07. The minimum absolute atomic E-state index is 0.0292. The Morgan fingerprint density at radius 3 is 2.77 bits per heavy atom. The zero-order chi connectivity index (χ0) is 22.6. The van der Waals surface area contributed by atoms with Crippen molar-refractivity contribution in [3.63, 3.8) is 0 Å². The summed E-state index contributed by atoms with van der Waals surface area (Å²) in [6, 6.07) is 5.83. The molecule has 4 atom stereocenters. The van der Waals surface area contributed by atoms with E-state index in [1.54, 1.807) is 16.6 Å². The van der Waals surface area contributed by atoms with Crippen LogP contribution in [0.15, 0.2) is 28.9 Å². The average Bonchev–Trinajstić information content (AvgIpc) is 3.32. The van der Waals surface area contributed by atoms with Crippen LogP contribution in [-0.2, 0) is 28.1 Å². The van der Waals surface area contributed by atoms with Crippen LogP contribution in [0.25, 0.3) is 0 Å². The molecule has 0 bridgehead atoms. The molecule has 0 aliphatic carbocycles. The van der Waals surface area contributed by atoms with Gasteiger partial charge in [-0.1, -0.05) is 28.1 Å². The molecule has 2 aromatic rings. The Labute approximate surface area is 191 Å². The quantitative estimate of drug-likeness (QED) is 0.581. The van der Waals surface area contributed by atoms with Crippen molar-refractivity contribution in [3.8, 4) is 0 Å². The molecule has 1 fully saturated rings. The fraction of sp³-hybridized carbons (Fsp3) is 0.571. The van der Waals surface area contributed by atoms with Crippen LogP contribution in [0.3, 0.4) is 0 Å². The summed E-state index contributed by atoms with van der Waals surface area (Å²) in [5, 5.41) is 17.3. The Morgan fingerprint density at radius 1 is 1.35 bits per heavy atom. The first kappa shape index (κ1) is 22.6. The molecule has 0 radical (unpaired) electrons. The number of aliphatic hydroxyl groups is 1. The zero-order valence-corrected chi connectivity index (χ0v) is 20.8. The third-order valence-electron chi connectivity index (χ3n) is 6.67. The minimum atomic E-state index is -2.66. The number of carbonyl (C=O) groups is 1. The number of rotatable bonds is 6. The number of aromatic nitrogens is 3. The van der Waals surface area contributed by atoms with Gasteiger partial charge in [0, 0.05) is 54.3 Å². The Kier molecular flexibility index (Phi) is 5.89. The Bertz CT molecular complexity index is 994. The molecule has 2 aliphatic heterocycles. The van der Waals surface area contributed by atoms with Gasteiger partial charge in [0.15, 0.2) is 13.9 Å². The van der Waals surface area contributed by atoms with Gasteiger partial charge in [0.25, 0.3) is 5.91 Å². The molecule has 1 aromatic carbocycles. The number of hydrogen-bond donors (Lipinski definition) is 2. The first-order chi connectivity index (χ1) is 14.6. The molecule has 2 aliphatic rings. The average molecular weight is 509 g/mol. The Balaban J connectivity index is 1.67. The van der Waals surface area contributed by atoms with Crippen molar-refractivity contribution in [2.45, 2.75) is 56.7 Å². The van der Waals surface area contributed by atoms with Gasteiger partial charge in [0.2, 0.25) is 0 Å². The van der Waals surface area contributed by atoms with Crippen LogP contribution in [0.5, 0.6) is 0 Å². The molecular weight excluding hydrogens is 480 g/mol. The molecule has 10 heteroatoms. The maximum absolute atomic E-state index is 13.5. The molecule has 2 N–H and O–H groups in total. The maximum atomic E-state index is 13.5. The molecule has 1 saturated heterocycles. The van der Waals surface area contributed by atoms with Crippen molar-refractivity contribution in [1.82, 2.24) is 15.0 Å². The standard InChI is InChI=1S/C21H29BrN4O4Si/c1-13-19(31(3,4)29)18(7-9-26-12-15(8-10-27)23-24-26)30-21(13)16-11-14(22)5-6-17(16)25(2)20(21)28/h5-6,11-13,18-19,27,29H,7-10H2,1-4H3/t13-,18+,19-,21+/m0/s1. The third-order valence-corrected chi connectivity index (χ3v) is 9.67. The number of ether oxygens (including phenoxy) is 1. The molecule has 31 heavy (non-hydrogen) atoms. The van der Waals surface area contributed by atoms with Gasteiger partial charge < -0.3 is 19.5 Å². The van der Waals surface area contributed by atoms with Crippen molar-refractivity contribution in [1.29, 1.82) is 0 Å². The molecule has 4 rings (SSSR count). The van der Waals surface area contributed by atoms with E-state index in [2.05, 4.69) is 26.2 Å². The molecule has 1 spiro atoms. The van der Waals surface area contributed by atoms with E-state index in [-0.39, 0.29) is 30.1 Å². The van der Waals surface area contributed by atoms with Gasteiger partial charge in [0.1, 0.15) is 0 Å². The minimum Gasteiger partial charge on any atom is -0.432 e. The van der Waals surface area contributed by atoms with E-state index < -0.39 is 13.9 Å². The van der Waals surface area contributed by atoms with Gasteiger partial charge in [-0.25, -0.2) is 0 Å². The van der Waals surface area contributed by atoms with E-state index in [1.165, 1.54) is 0 Å². The van der Waals surface area contributed by atoms with Crippen molar-refractivity contribution in [3.05, 3.63) is 40.1 Å². The monoisotopic (exact) mass is 508 g/mol. The zero-order valence-electron chi connectivity index (χ0n) is 18.2. The summed E-state index contributed by atoms with van der Waals surface area (Å²) >= 11 is 3.54. The summed E-state index contributed by atoms with van der Waals surface area (Å²) in [6.07, 6.45) is 2.61. The largest absolute Gasteiger partial charge is 0.432 e. The molecule has 1 aromatic heterocycles. The third kappa shape index (κ3) is 3.68. The number of aliphatic hydroxyl groups excluding tert-OH is 1. The molecular formula is C21H29BrN4O4Si. The number of halogens is 1. The number of likely N-dealkylation sites (N-methyl/N-ethyl adjacent to an activating group) is 1. The van der Waals surface area contributed by atoms with E-state index in [1.807, 2.05) is 44.4 Å². The number of anilines is 1. The van der Waals surface area contributed by atoms with Crippen LogP contribution >= 0.6 is 15.9 Å². The van der Waals surface area contributed by atoms with E-state index in [0.717, 1.165) is 21.4 Å². The second-order valence-electron chi connectivity index (χ2n) is 9.12. The lowest BCUT2D eigenvalue weighted by Crippen LogP contribution is -2.45. The summed E-state index contributed by atoms with van der Waals surface area (Å²) in [4.78, 5) is 26.4. The summed E-state index contributed by atoms with van der Waals surface area (Å²) in [7, 11) is -0.882. The predicted octanol–water partition coefficient (Wildman–Crippen LogP) is 2.44. The van der Waals surface area contributed by atoms with Gasteiger partial charge in [-0.3, -0.25) is 9.48 Å². The fourth-order valence-corrected chi connectivity index (χ4v) is 8.33. The van der Waals surface area contributed by atoms with E-state index in [4.69, 9.17) is 9.84 Å². The number of carbonyl (C=O) groups excluding carboxylic acids is 1. The van der Waals surface area contributed by atoms with Crippen LogP contribution < -0.4 is 4.90 Å². The van der Waals surface area contributed by atoms with Crippen LogP contribution in [0.4, 0.5) is 5.69 Å². The van der Waals surface area contributed by atoms with E-state index in [0.29, 0.717) is 19.4 Å². The van der Waals surface area contributed by atoms with Crippen molar-refractivity contribution in [2.24, 2.45) is 5.92 Å². The topological polar surface area (TPSA) is 101 Å². The number of aryl methyl sites for hydroxylation is 1. The van der Waals surface area contributed by atoms with Gasteiger partial charge in [-0.2, -0.15) is 0 Å². The molecule has 1 amide bonds. The van der Waals surface area contributed by atoms with Gasteiger partial charge in [-0.05, 0) is 37.7 Å². The van der Waals surface area contributed by atoms with Gasteiger partial charge in [0.05, 0.1) is 17.5 Å². The summed E-state index contributed by atoms with van der Waals surface area (Å²) in [6.45, 7) is 6.46. The van der Waals surface area contributed by atoms with Crippen LogP contribution in [-0.4, -0.2) is 58.9 Å². The summed E-state index contributed by atoms with van der Waals surface area (Å²) < 4.78 is 9.29. The number of nitrogens with zero attached hydrogens (tertiary/aromatic N) is 4. The molecule has 168 valence electrons. The molecule has 0 unspecified atom stereocenters. The highest BCUT2D eigenvalue weighted by Crippen LogP contribution is 2.59. The highest BCUT2D eigenvalue weighted by Gasteiger charge is 2.65. The SMILES string of the molecule is C[C@H]1[C@H]([Si](C)(C)O)[C@@H](CCn2cc(CCO)nn2)O[C@]12C(=O)N(C)c1ccc(Br)cc12. The fourth-order valence-electron chi connectivity index (χ4n) is 5.36.